The molecule has 0 saturated heterocycles. The number of benzene rings is 1. The highest BCUT2D eigenvalue weighted by molar-refractivity contribution is 5.56. The third kappa shape index (κ3) is 2.60. The maximum atomic E-state index is 13.7. The summed E-state index contributed by atoms with van der Waals surface area (Å²) in [6.07, 6.45) is 1.09. The maximum Gasteiger partial charge on any atom is 0.146 e. The number of hydrogen-bond acceptors (Lipinski definition) is 2. The molecule has 1 aromatic rings. The predicted molar refractivity (Wildman–Crippen MR) is 70.0 cm³/mol. The summed E-state index contributed by atoms with van der Waals surface area (Å²) >= 11 is 0. The van der Waals surface area contributed by atoms with E-state index < -0.39 is 0 Å². The number of halogens is 1. The van der Waals surface area contributed by atoms with E-state index in [-0.39, 0.29) is 5.82 Å². The molecular weight excluding hydrogens is 215 g/mol. The number of nitrogens with one attached hydrogen (secondary N) is 1. The zero-order valence-electron chi connectivity index (χ0n) is 10.7. The first kappa shape index (κ1) is 12.4. The molecule has 1 atom stereocenters. The average molecular weight is 236 g/mol. The summed E-state index contributed by atoms with van der Waals surface area (Å²) < 4.78 is 13.7. The summed E-state index contributed by atoms with van der Waals surface area (Å²) in [4.78, 5) is 2.41. The molecule has 2 nitrogen and oxygen atoms in total. The normalized spacial score (nSPS) is 18.9. The van der Waals surface area contributed by atoms with Crippen molar-refractivity contribution in [3.8, 4) is 0 Å². The number of likely N-dealkylation sites (N-methyl/N-ethyl adjacent to an activating group) is 1. The first-order valence-electron chi connectivity index (χ1n) is 6.50. The van der Waals surface area contributed by atoms with Crippen molar-refractivity contribution in [3.05, 3.63) is 29.6 Å². The monoisotopic (exact) mass is 236 g/mol. The van der Waals surface area contributed by atoms with Crippen molar-refractivity contribution in [1.29, 1.82) is 0 Å². The van der Waals surface area contributed by atoms with Gasteiger partial charge in [0.15, 0.2) is 0 Å². The minimum Gasteiger partial charge on any atom is -0.382 e. The van der Waals surface area contributed by atoms with Crippen LogP contribution >= 0.6 is 0 Å². The smallest absolute Gasteiger partial charge is 0.146 e. The molecule has 3 heteroatoms. The van der Waals surface area contributed by atoms with Crippen LogP contribution in [-0.2, 0) is 0 Å². The van der Waals surface area contributed by atoms with Gasteiger partial charge in [-0.25, -0.2) is 4.39 Å². The Morgan fingerprint density at radius 2 is 2.12 bits per heavy atom. The van der Waals surface area contributed by atoms with Crippen LogP contribution in [0.4, 0.5) is 10.1 Å². The zero-order chi connectivity index (χ0) is 12.3. The fourth-order valence-corrected chi connectivity index (χ4v) is 2.58. The molecule has 0 radical (unpaired) electrons. The summed E-state index contributed by atoms with van der Waals surface area (Å²) in [7, 11) is 0. The second-order valence-electron chi connectivity index (χ2n) is 4.60. The molecule has 0 amide bonds. The van der Waals surface area contributed by atoms with Gasteiger partial charge < -0.3 is 10.2 Å². The topological polar surface area (TPSA) is 15.3 Å². The van der Waals surface area contributed by atoms with E-state index in [0.717, 1.165) is 43.9 Å². The molecule has 94 valence electrons. The molecule has 1 unspecified atom stereocenters. The van der Waals surface area contributed by atoms with Gasteiger partial charge in [0.1, 0.15) is 5.82 Å². The van der Waals surface area contributed by atoms with Gasteiger partial charge in [-0.05, 0) is 31.1 Å². The van der Waals surface area contributed by atoms with Crippen molar-refractivity contribution in [2.75, 3.05) is 31.5 Å². The molecule has 0 spiro atoms. The minimum atomic E-state index is -0.119. The Kier molecular flexibility index (Phi) is 4.00. The van der Waals surface area contributed by atoms with Gasteiger partial charge in [-0.1, -0.05) is 26.0 Å². The molecule has 2 rings (SSSR count). The van der Waals surface area contributed by atoms with E-state index in [4.69, 9.17) is 0 Å². The van der Waals surface area contributed by atoms with E-state index in [9.17, 15) is 4.39 Å². The molecule has 0 bridgehead atoms. The van der Waals surface area contributed by atoms with E-state index in [1.165, 1.54) is 6.07 Å². The van der Waals surface area contributed by atoms with Crippen LogP contribution in [0, 0.1) is 5.82 Å². The molecule has 17 heavy (non-hydrogen) atoms. The lowest BCUT2D eigenvalue weighted by atomic mass is 9.90. The molecule has 0 aromatic heterocycles. The molecule has 1 aliphatic heterocycles. The Hall–Kier alpha value is -1.09. The quantitative estimate of drug-likeness (QED) is 0.864. The number of rotatable bonds is 4. The summed E-state index contributed by atoms with van der Waals surface area (Å²) in [5, 5.41) is 3.18. The summed E-state index contributed by atoms with van der Waals surface area (Å²) in [6, 6.07) is 5.40. The van der Waals surface area contributed by atoms with Crippen LogP contribution in [0.15, 0.2) is 18.2 Å². The lowest BCUT2D eigenvalue weighted by Gasteiger charge is -2.31. The molecule has 0 fully saturated rings. The average Bonchev–Trinajstić information content (AvgIpc) is 2.37. The predicted octanol–water partition coefficient (Wildman–Crippen LogP) is 3.07. The van der Waals surface area contributed by atoms with Crippen LogP contribution < -0.4 is 5.32 Å². The van der Waals surface area contributed by atoms with Crippen LogP contribution in [-0.4, -0.2) is 31.1 Å². The van der Waals surface area contributed by atoms with Crippen molar-refractivity contribution >= 4 is 5.69 Å². The van der Waals surface area contributed by atoms with Gasteiger partial charge in [0.25, 0.3) is 0 Å². The summed E-state index contributed by atoms with van der Waals surface area (Å²) in [6.45, 7) is 8.38. The van der Waals surface area contributed by atoms with Crippen molar-refractivity contribution < 1.29 is 4.39 Å². The summed E-state index contributed by atoms with van der Waals surface area (Å²) in [5.74, 6) is 0.341. The van der Waals surface area contributed by atoms with Gasteiger partial charge in [-0.3, -0.25) is 0 Å². The van der Waals surface area contributed by atoms with Crippen molar-refractivity contribution in [2.24, 2.45) is 0 Å². The summed E-state index contributed by atoms with van der Waals surface area (Å²) in [5.41, 5.74) is 1.86. The van der Waals surface area contributed by atoms with Gasteiger partial charge in [0, 0.05) is 19.0 Å². The Balaban J connectivity index is 2.20. The van der Waals surface area contributed by atoms with Gasteiger partial charge in [0.05, 0.1) is 5.69 Å². The minimum absolute atomic E-state index is 0.119. The first-order valence-corrected chi connectivity index (χ1v) is 6.50. The SMILES string of the molecule is CCN(CC)CC1CCNc2c(F)cccc21. The van der Waals surface area contributed by atoms with E-state index >= 15 is 0 Å². The number of nitrogens with zero attached hydrogens (tertiary/aromatic N) is 1. The lowest BCUT2D eigenvalue weighted by molar-refractivity contribution is 0.277. The van der Waals surface area contributed by atoms with Crippen LogP contribution in [0.3, 0.4) is 0 Å². The van der Waals surface area contributed by atoms with Crippen LogP contribution in [0.2, 0.25) is 0 Å². The largest absolute Gasteiger partial charge is 0.382 e. The Morgan fingerprint density at radius 1 is 1.35 bits per heavy atom. The van der Waals surface area contributed by atoms with Crippen molar-refractivity contribution in [1.82, 2.24) is 4.90 Å². The molecular formula is C14H21FN2. The standard InChI is InChI=1S/C14H21FN2/c1-3-17(4-2)10-11-8-9-16-14-12(11)6-5-7-13(14)15/h5-7,11,16H,3-4,8-10H2,1-2H3. The van der Waals surface area contributed by atoms with Gasteiger partial charge in [-0.15, -0.1) is 0 Å². The Morgan fingerprint density at radius 3 is 2.82 bits per heavy atom. The highest BCUT2D eigenvalue weighted by Gasteiger charge is 2.23. The van der Waals surface area contributed by atoms with Gasteiger partial charge in [0.2, 0.25) is 0 Å². The second-order valence-corrected chi connectivity index (χ2v) is 4.60. The highest BCUT2D eigenvalue weighted by atomic mass is 19.1. The fraction of sp³-hybridized carbons (Fsp3) is 0.571. The third-order valence-electron chi connectivity index (χ3n) is 3.65. The molecule has 1 aliphatic rings. The van der Waals surface area contributed by atoms with E-state index in [2.05, 4.69) is 30.1 Å². The first-order chi connectivity index (χ1) is 8.26. The zero-order valence-corrected chi connectivity index (χ0v) is 10.7. The van der Waals surface area contributed by atoms with E-state index in [1.807, 2.05) is 6.07 Å². The molecule has 1 aromatic carbocycles. The van der Waals surface area contributed by atoms with E-state index in [1.54, 1.807) is 0 Å². The van der Waals surface area contributed by atoms with Crippen LogP contribution in [0.1, 0.15) is 31.7 Å². The van der Waals surface area contributed by atoms with Crippen molar-refractivity contribution in [2.45, 2.75) is 26.2 Å². The molecule has 0 aliphatic carbocycles. The second kappa shape index (κ2) is 5.50. The van der Waals surface area contributed by atoms with Gasteiger partial charge >= 0.3 is 0 Å². The number of hydrogen-bond donors (Lipinski definition) is 1. The molecule has 1 N–H and O–H groups in total. The Labute approximate surface area is 103 Å². The van der Waals surface area contributed by atoms with Gasteiger partial charge in [-0.2, -0.15) is 0 Å². The number of fused-ring (bicyclic) bond motifs is 1. The lowest BCUT2D eigenvalue weighted by Crippen LogP contribution is -2.31. The maximum absolute atomic E-state index is 13.7. The molecule has 1 heterocycles. The molecule has 0 saturated carbocycles. The third-order valence-corrected chi connectivity index (χ3v) is 3.65. The van der Waals surface area contributed by atoms with Crippen LogP contribution in [0.5, 0.6) is 0 Å². The Bertz CT molecular complexity index is 374. The van der Waals surface area contributed by atoms with E-state index in [0.29, 0.717) is 5.92 Å². The fourth-order valence-electron chi connectivity index (χ4n) is 2.58. The highest BCUT2D eigenvalue weighted by Crippen LogP contribution is 2.33. The number of anilines is 1. The number of para-hydroxylation sites is 1. The van der Waals surface area contributed by atoms with Crippen molar-refractivity contribution in [3.63, 3.8) is 0 Å². The van der Waals surface area contributed by atoms with Crippen LogP contribution in [0.25, 0.3) is 0 Å².